The molecule has 146 valence electrons. The third kappa shape index (κ3) is 5.22. The second-order valence-corrected chi connectivity index (χ2v) is 7.13. The molecule has 0 aliphatic heterocycles. The maximum atomic E-state index is 9.74. The van der Waals surface area contributed by atoms with Gasteiger partial charge in [-0.3, -0.25) is 4.98 Å². The molecule has 0 unspecified atom stereocenters. The van der Waals surface area contributed by atoms with Gasteiger partial charge in [-0.25, -0.2) is 4.98 Å². The summed E-state index contributed by atoms with van der Waals surface area (Å²) in [5, 5.41) is 16.4. The van der Waals surface area contributed by atoms with Gasteiger partial charge in [0.2, 0.25) is 5.95 Å². The van der Waals surface area contributed by atoms with Crippen LogP contribution in [-0.2, 0) is 0 Å². The van der Waals surface area contributed by atoms with Crippen LogP contribution in [0.3, 0.4) is 0 Å². The van der Waals surface area contributed by atoms with Gasteiger partial charge in [-0.05, 0) is 38.4 Å². The first-order chi connectivity index (χ1) is 13.4. The van der Waals surface area contributed by atoms with E-state index in [1.807, 2.05) is 32.3 Å². The fraction of sp³-hybridized carbons (Fsp3) is 0.211. The van der Waals surface area contributed by atoms with Gasteiger partial charge < -0.3 is 20.6 Å². The van der Waals surface area contributed by atoms with E-state index < -0.39 is 0 Å². The van der Waals surface area contributed by atoms with Gasteiger partial charge in [0.25, 0.3) is 0 Å². The first-order valence-corrected chi connectivity index (χ1v) is 9.32. The largest absolute Gasteiger partial charge is 0.505 e. The maximum Gasteiger partial charge on any atom is 0.225 e. The van der Waals surface area contributed by atoms with Gasteiger partial charge in [0.15, 0.2) is 5.75 Å². The number of rotatable bonds is 7. The molecule has 0 radical (unpaired) electrons. The Balaban J connectivity index is 1.92. The van der Waals surface area contributed by atoms with Gasteiger partial charge in [0.1, 0.15) is 5.82 Å². The van der Waals surface area contributed by atoms with Gasteiger partial charge in [0, 0.05) is 31.0 Å². The lowest BCUT2D eigenvalue weighted by atomic mass is 10.2. The quantitative estimate of drug-likeness (QED) is 0.493. The van der Waals surface area contributed by atoms with Crippen LogP contribution in [0.1, 0.15) is 0 Å². The van der Waals surface area contributed by atoms with E-state index in [0.29, 0.717) is 29.7 Å². The molecule has 0 saturated carbocycles. The highest BCUT2D eigenvalue weighted by molar-refractivity contribution is 6.37. The minimum absolute atomic E-state index is 0.151. The number of phenols is 1. The van der Waals surface area contributed by atoms with E-state index in [9.17, 15) is 5.11 Å². The lowest BCUT2D eigenvalue weighted by Gasteiger charge is -2.13. The number of nitrogens with one attached hydrogen (secondary N) is 2. The zero-order valence-electron chi connectivity index (χ0n) is 15.4. The Labute approximate surface area is 173 Å². The molecule has 0 aliphatic rings. The summed E-state index contributed by atoms with van der Waals surface area (Å²) < 4.78 is 0. The molecule has 0 amide bonds. The third-order valence-electron chi connectivity index (χ3n) is 3.78. The van der Waals surface area contributed by atoms with Crippen molar-refractivity contribution in [2.45, 2.75) is 0 Å². The number of aromatic hydroxyl groups is 1. The number of pyridine rings is 1. The molecule has 2 aromatic heterocycles. The van der Waals surface area contributed by atoms with Gasteiger partial charge >= 0.3 is 0 Å². The van der Waals surface area contributed by atoms with Crippen LogP contribution in [0.4, 0.5) is 17.5 Å². The summed E-state index contributed by atoms with van der Waals surface area (Å²) in [7, 11) is 4.00. The molecule has 0 atom stereocenters. The number of nitrogens with zero attached hydrogens (tertiary/aromatic N) is 4. The third-order valence-corrected chi connectivity index (χ3v) is 4.36. The fourth-order valence-corrected chi connectivity index (χ4v) is 2.90. The van der Waals surface area contributed by atoms with Crippen molar-refractivity contribution in [3.8, 4) is 17.1 Å². The number of hydrogen-bond acceptors (Lipinski definition) is 7. The molecule has 3 N–H and O–H groups in total. The average Bonchev–Trinajstić information content (AvgIpc) is 2.66. The molecule has 0 spiro atoms. The van der Waals surface area contributed by atoms with Gasteiger partial charge in [-0.1, -0.05) is 29.3 Å². The van der Waals surface area contributed by atoms with Crippen molar-refractivity contribution in [3.05, 3.63) is 52.6 Å². The van der Waals surface area contributed by atoms with E-state index in [4.69, 9.17) is 23.2 Å². The Morgan fingerprint density at radius 1 is 1.04 bits per heavy atom. The Morgan fingerprint density at radius 3 is 2.43 bits per heavy atom. The average molecular weight is 419 g/mol. The molecule has 1 aromatic carbocycles. The summed E-state index contributed by atoms with van der Waals surface area (Å²) in [4.78, 5) is 15.5. The van der Waals surface area contributed by atoms with Crippen molar-refractivity contribution in [1.82, 2.24) is 19.9 Å². The van der Waals surface area contributed by atoms with Crippen molar-refractivity contribution in [3.63, 3.8) is 0 Å². The van der Waals surface area contributed by atoms with Crippen LogP contribution in [0.15, 0.2) is 42.6 Å². The summed E-state index contributed by atoms with van der Waals surface area (Å²) in [6.45, 7) is 1.53. The number of hydrogen-bond donors (Lipinski definition) is 3. The first kappa shape index (κ1) is 20.1. The normalized spacial score (nSPS) is 10.9. The van der Waals surface area contributed by atoms with Crippen LogP contribution in [0.25, 0.3) is 11.4 Å². The second-order valence-electron chi connectivity index (χ2n) is 6.32. The summed E-state index contributed by atoms with van der Waals surface area (Å²) >= 11 is 12.0. The Morgan fingerprint density at radius 2 is 1.79 bits per heavy atom. The highest BCUT2D eigenvalue weighted by Crippen LogP contribution is 2.35. The zero-order valence-corrected chi connectivity index (χ0v) is 17.0. The van der Waals surface area contributed by atoms with Crippen molar-refractivity contribution in [2.24, 2.45) is 0 Å². The van der Waals surface area contributed by atoms with Crippen molar-refractivity contribution < 1.29 is 5.11 Å². The predicted octanol–water partition coefficient (Wildman–Crippen LogP) is 4.27. The fourth-order valence-electron chi connectivity index (χ4n) is 2.41. The van der Waals surface area contributed by atoms with Crippen LogP contribution >= 0.6 is 23.2 Å². The predicted molar refractivity (Wildman–Crippen MR) is 114 cm³/mol. The SMILES string of the molecule is CN(C)CCNc1nc(Nc2cc(Cl)c(O)c(Cl)c2)cc(-c2ccccn2)n1. The molecular formula is C19H20Cl2N6O. The molecule has 3 aromatic rings. The van der Waals surface area contributed by atoms with E-state index in [2.05, 4.69) is 30.5 Å². The summed E-state index contributed by atoms with van der Waals surface area (Å²) in [6.07, 6.45) is 1.71. The molecule has 0 bridgehead atoms. The molecule has 28 heavy (non-hydrogen) atoms. The van der Waals surface area contributed by atoms with Crippen LogP contribution < -0.4 is 10.6 Å². The summed E-state index contributed by atoms with van der Waals surface area (Å²) in [6, 6.07) is 10.6. The molecule has 0 saturated heterocycles. The van der Waals surface area contributed by atoms with Crippen LogP contribution in [0.5, 0.6) is 5.75 Å². The lowest BCUT2D eigenvalue weighted by molar-refractivity contribution is 0.425. The summed E-state index contributed by atoms with van der Waals surface area (Å²) in [5.74, 6) is 0.862. The number of aromatic nitrogens is 3. The van der Waals surface area contributed by atoms with Crippen molar-refractivity contribution in [2.75, 3.05) is 37.8 Å². The van der Waals surface area contributed by atoms with Gasteiger partial charge in [0.05, 0.1) is 21.4 Å². The molecule has 0 fully saturated rings. The molecular weight excluding hydrogens is 399 g/mol. The number of halogens is 2. The van der Waals surface area contributed by atoms with E-state index >= 15 is 0 Å². The van der Waals surface area contributed by atoms with E-state index in [0.717, 1.165) is 12.2 Å². The maximum absolute atomic E-state index is 9.74. The Kier molecular flexibility index (Phi) is 6.51. The molecule has 7 nitrogen and oxygen atoms in total. The lowest BCUT2D eigenvalue weighted by Crippen LogP contribution is -2.21. The monoisotopic (exact) mass is 418 g/mol. The smallest absolute Gasteiger partial charge is 0.225 e. The number of likely N-dealkylation sites (N-methyl/N-ethyl adjacent to an activating group) is 1. The first-order valence-electron chi connectivity index (χ1n) is 8.56. The van der Waals surface area contributed by atoms with E-state index in [-0.39, 0.29) is 15.8 Å². The van der Waals surface area contributed by atoms with E-state index in [1.165, 1.54) is 0 Å². The summed E-state index contributed by atoms with van der Waals surface area (Å²) in [5.41, 5.74) is 1.99. The topological polar surface area (TPSA) is 86.2 Å². The molecule has 2 heterocycles. The molecule has 0 aliphatic carbocycles. The highest BCUT2D eigenvalue weighted by Gasteiger charge is 2.11. The number of benzene rings is 1. The van der Waals surface area contributed by atoms with Crippen molar-refractivity contribution >= 4 is 40.7 Å². The van der Waals surface area contributed by atoms with Gasteiger partial charge in [-0.2, -0.15) is 4.98 Å². The van der Waals surface area contributed by atoms with Crippen molar-refractivity contribution in [1.29, 1.82) is 0 Å². The second kappa shape index (κ2) is 9.05. The molecule has 9 heteroatoms. The van der Waals surface area contributed by atoms with Crippen LogP contribution in [0.2, 0.25) is 10.0 Å². The van der Waals surface area contributed by atoms with Gasteiger partial charge in [-0.15, -0.1) is 0 Å². The molecule has 3 rings (SSSR count). The van der Waals surface area contributed by atoms with E-state index in [1.54, 1.807) is 24.4 Å². The number of anilines is 3. The standard InChI is InChI=1S/C19H20Cl2N6O/c1-27(2)8-7-23-19-25-16(15-5-3-4-6-22-15)11-17(26-19)24-12-9-13(20)18(28)14(21)10-12/h3-6,9-11,28H,7-8H2,1-2H3,(H2,23,24,25,26). The Bertz CT molecular complexity index is 929. The minimum atomic E-state index is -0.156. The zero-order chi connectivity index (χ0) is 20.1. The Hall–Kier alpha value is -2.61. The minimum Gasteiger partial charge on any atom is -0.505 e. The highest BCUT2D eigenvalue weighted by atomic mass is 35.5. The van der Waals surface area contributed by atoms with Crippen LogP contribution in [0, 0.1) is 0 Å². The number of phenolic OH excluding ortho intramolecular Hbond substituents is 1. The van der Waals surface area contributed by atoms with Crippen LogP contribution in [-0.4, -0.2) is 52.1 Å².